The van der Waals surface area contributed by atoms with Gasteiger partial charge in [0.15, 0.2) is 0 Å². The highest BCUT2D eigenvalue weighted by Crippen LogP contribution is 2.32. The third-order valence-corrected chi connectivity index (χ3v) is 4.40. The third kappa shape index (κ3) is 3.24. The van der Waals surface area contributed by atoms with Crippen LogP contribution in [0, 0.1) is 5.41 Å². The van der Waals surface area contributed by atoms with Crippen LogP contribution in [0.25, 0.3) is 5.57 Å². The van der Waals surface area contributed by atoms with Gasteiger partial charge in [0.1, 0.15) is 0 Å². The van der Waals surface area contributed by atoms with Gasteiger partial charge in [0.25, 0.3) is 0 Å². The molecule has 0 radical (unpaired) electrons. The lowest BCUT2D eigenvalue weighted by molar-refractivity contribution is 0.507. The van der Waals surface area contributed by atoms with E-state index in [-0.39, 0.29) is 5.41 Å². The molecule has 1 unspecified atom stereocenters. The lowest BCUT2D eigenvalue weighted by Crippen LogP contribution is -2.29. The van der Waals surface area contributed by atoms with Crippen LogP contribution in [0.4, 0.5) is 0 Å². The van der Waals surface area contributed by atoms with E-state index in [4.69, 9.17) is 0 Å². The van der Waals surface area contributed by atoms with E-state index in [1.165, 1.54) is 22.3 Å². The molecule has 0 saturated heterocycles. The van der Waals surface area contributed by atoms with E-state index >= 15 is 0 Å². The highest BCUT2D eigenvalue weighted by atomic mass is 14.9. The molecule has 1 N–H and O–H groups in total. The minimum atomic E-state index is 0.199. The van der Waals surface area contributed by atoms with Crippen LogP contribution < -0.4 is 5.32 Å². The van der Waals surface area contributed by atoms with Crippen LogP contribution in [0.3, 0.4) is 0 Å². The van der Waals surface area contributed by atoms with E-state index in [1.807, 2.05) is 0 Å². The zero-order valence-corrected chi connectivity index (χ0v) is 13.8. The number of nitrogens with one attached hydrogen (secondary N) is 1. The molecule has 0 aromatic heterocycles. The van der Waals surface area contributed by atoms with Gasteiger partial charge in [-0.1, -0.05) is 69.3 Å². The first-order chi connectivity index (χ1) is 10.5. The minimum Gasteiger partial charge on any atom is -0.381 e. The number of allylic oxidation sites excluding steroid dienone is 5. The van der Waals surface area contributed by atoms with Crippen molar-refractivity contribution in [1.82, 2.24) is 5.32 Å². The molecule has 1 heterocycles. The largest absolute Gasteiger partial charge is 0.381 e. The van der Waals surface area contributed by atoms with Crippen molar-refractivity contribution < 1.29 is 0 Å². The summed E-state index contributed by atoms with van der Waals surface area (Å²) in [6.07, 6.45) is 13.7. The Morgan fingerprint density at radius 3 is 2.59 bits per heavy atom. The maximum Gasteiger partial charge on any atom is 0.0661 e. The molecule has 1 atom stereocenters. The number of hydrogen-bond donors (Lipinski definition) is 1. The summed E-state index contributed by atoms with van der Waals surface area (Å²) in [4.78, 5) is 0. The lowest BCUT2D eigenvalue weighted by Gasteiger charge is -2.29. The summed E-state index contributed by atoms with van der Waals surface area (Å²) in [6, 6.07) is 11.0. The molecule has 1 nitrogen and oxygen atoms in total. The van der Waals surface area contributed by atoms with E-state index < -0.39 is 0 Å². The van der Waals surface area contributed by atoms with Crippen LogP contribution in [0.15, 0.2) is 72.0 Å². The molecule has 1 aliphatic carbocycles. The number of rotatable bonds is 2. The molecular formula is C21H25N. The molecule has 3 rings (SSSR count). The van der Waals surface area contributed by atoms with Crippen molar-refractivity contribution in [1.29, 1.82) is 0 Å². The Hall–Kier alpha value is -2.02. The van der Waals surface area contributed by atoms with Crippen molar-refractivity contribution in [3.63, 3.8) is 0 Å². The maximum absolute atomic E-state index is 3.51. The molecule has 114 valence electrons. The van der Waals surface area contributed by atoms with Gasteiger partial charge in [-0.05, 0) is 52.8 Å². The van der Waals surface area contributed by atoms with E-state index in [0.717, 1.165) is 12.8 Å². The second-order valence-corrected chi connectivity index (χ2v) is 7.13. The summed E-state index contributed by atoms with van der Waals surface area (Å²) in [5.41, 5.74) is 5.75. The van der Waals surface area contributed by atoms with Crippen LogP contribution in [0.2, 0.25) is 0 Å². The Labute approximate surface area is 134 Å². The first-order valence-corrected chi connectivity index (χ1v) is 8.15. The Bertz CT molecular complexity index is 651. The minimum absolute atomic E-state index is 0.199. The third-order valence-electron chi connectivity index (χ3n) is 4.40. The van der Waals surface area contributed by atoms with Crippen molar-refractivity contribution in [3.8, 4) is 0 Å². The quantitative estimate of drug-likeness (QED) is 0.785. The molecular weight excluding hydrogens is 266 g/mol. The van der Waals surface area contributed by atoms with Gasteiger partial charge in [-0.3, -0.25) is 0 Å². The van der Waals surface area contributed by atoms with E-state index in [9.17, 15) is 0 Å². The molecule has 22 heavy (non-hydrogen) atoms. The number of dihydropyridines is 1. The van der Waals surface area contributed by atoms with Gasteiger partial charge in [-0.25, -0.2) is 0 Å². The van der Waals surface area contributed by atoms with Crippen molar-refractivity contribution >= 4 is 5.57 Å². The molecule has 0 fully saturated rings. The molecule has 0 bridgehead atoms. The lowest BCUT2D eigenvalue weighted by atomic mass is 9.82. The molecule has 1 aliphatic heterocycles. The average Bonchev–Trinajstić information content (AvgIpc) is 2.55. The first kappa shape index (κ1) is 14.9. The van der Waals surface area contributed by atoms with E-state index in [0.29, 0.717) is 6.04 Å². The zero-order chi connectivity index (χ0) is 15.6. The van der Waals surface area contributed by atoms with Crippen molar-refractivity contribution in [2.24, 2.45) is 5.41 Å². The second-order valence-electron chi connectivity index (χ2n) is 7.13. The van der Waals surface area contributed by atoms with Gasteiger partial charge < -0.3 is 5.32 Å². The van der Waals surface area contributed by atoms with Crippen LogP contribution in [0.1, 0.15) is 39.2 Å². The number of hydrogen-bond acceptors (Lipinski definition) is 1. The summed E-state index contributed by atoms with van der Waals surface area (Å²) in [5.74, 6) is 0. The van der Waals surface area contributed by atoms with Crippen molar-refractivity contribution in [2.75, 3.05) is 0 Å². The molecule has 1 aromatic rings. The normalized spacial score (nSPS) is 21.6. The monoisotopic (exact) mass is 291 g/mol. The molecule has 0 amide bonds. The maximum atomic E-state index is 3.51. The summed E-state index contributed by atoms with van der Waals surface area (Å²) >= 11 is 0. The Kier molecular flexibility index (Phi) is 4.06. The van der Waals surface area contributed by atoms with E-state index in [2.05, 4.69) is 86.9 Å². The van der Waals surface area contributed by atoms with Crippen LogP contribution in [-0.4, -0.2) is 6.04 Å². The average molecular weight is 291 g/mol. The fourth-order valence-electron chi connectivity index (χ4n) is 3.04. The molecule has 1 heteroatoms. The molecule has 1 aromatic carbocycles. The summed E-state index contributed by atoms with van der Waals surface area (Å²) in [5, 5.41) is 3.51. The molecule has 2 aliphatic rings. The molecule has 0 spiro atoms. The summed E-state index contributed by atoms with van der Waals surface area (Å²) < 4.78 is 0. The zero-order valence-electron chi connectivity index (χ0n) is 13.8. The standard InChI is InChI=1S/C21H25N/c1-21(2,3)19-12-13-22-20(15-19)18-11-7-10-17(14-18)16-8-5-4-6-9-16/h4-6,8-10,12-15,20,22H,7,11H2,1-3H3. The van der Waals surface area contributed by atoms with Crippen LogP contribution >= 0.6 is 0 Å². The highest BCUT2D eigenvalue weighted by Gasteiger charge is 2.22. The summed E-state index contributed by atoms with van der Waals surface area (Å²) in [7, 11) is 0. The van der Waals surface area contributed by atoms with Crippen molar-refractivity contribution in [3.05, 3.63) is 77.5 Å². The van der Waals surface area contributed by atoms with E-state index in [1.54, 1.807) is 0 Å². The van der Waals surface area contributed by atoms with Gasteiger partial charge in [0.2, 0.25) is 0 Å². The van der Waals surface area contributed by atoms with Gasteiger partial charge in [-0.15, -0.1) is 0 Å². The second kappa shape index (κ2) is 6.00. The Balaban J connectivity index is 1.86. The van der Waals surface area contributed by atoms with Gasteiger partial charge in [0.05, 0.1) is 6.04 Å². The van der Waals surface area contributed by atoms with Crippen LogP contribution in [0.5, 0.6) is 0 Å². The fourth-order valence-corrected chi connectivity index (χ4v) is 3.04. The van der Waals surface area contributed by atoms with Gasteiger partial charge in [0, 0.05) is 0 Å². The van der Waals surface area contributed by atoms with Gasteiger partial charge in [-0.2, -0.15) is 0 Å². The Morgan fingerprint density at radius 2 is 1.86 bits per heavy atom. The fraction of sp³-hybridized carbons (Fsp3) is 0.333. The summed E-state index contributed by atoms with van der Waals surface area (Å²) in [6.45, 7) is 6.82. The topological polar surface area (TPSA) is 12.0 Å². The number of benzene rings is 1. The van der Waals surface area contributed by atoms with Gasteiger partial charge >= 0.3 is 0 Å². The predicted molar refractivity (Wildman–Crippen MR) is 95.3 cm³/mol. The SMILES string of the molecule is CC(C)(C)C1=CC(C2=CC(c3ccccc3)=CCC2)NC=C1. The highest BCUT2D eigenvalue weighted by molar-refractivity contribution is 5.76. The smallest absolute Gasteiger partial charge is 0.0661 e. The first-order valence-electron chi connectivity index (χ1n) is 8.15. The predicted octanol–water partition coefficient (Wildman–Crippen LogP) is 5.25. The van der Waals surface area contributed by atoms with Crippen molar-refractivity contribution in [2.45, 2.75) is 39.7 Å². The molecule has 0 saturated carbocycles. The van der Waals surface area contributed by atoms with Crippen LogP contribution in [-0.2, 0) is 0 Å². The Morgan fingerprint density at radius 1 is 1.09 bits per heavy atom.